The smallest absolute Gasteiger partial charge is 0.338 e. The van der Waals surface area contributed by atoms with E-state index in [1.54, 1.807) is 18.2 Å². The lowest BCUT2D eigenvalue weighted by molar-refractivity contribution is 0.0691. The van der Waals surface area contributed by atoms with Gasteiger partial charge in [-0.15, -0.1) is 0 Å². The average Bonchev–Trinajstić information content (AvgIpc) is 2.52. The molecule has 1 aromatic carbocycles. The number of hydrogen-bond acceptors (Lipinski definition) is 3. The van der Waals surface area contributed by atoms with Gasteiger partial charge in [-0.1, -0.05) is 26.8 Å². The lowest BCUT2D eigenvalue weighted by Crippen LogP contribution is -2.16. The van der Waals surface area contributed by atoms with Gasteiger partial charge in [-0.2, -0.15) is 0 Å². The van der Waals surface area contributed by atoms with Gasteiger partial charge in [0.1, 0.15) is 5.75 Å². The van der Waals surface area contributed by atoms with Gasteiger partial charge in [0.15, 0.2) is 5.82 Å². The minimum absolute atomic E-state index is 0.0487. The number of carboxylic acids is 1. The maximum Gasteiger partial charge on any atom is 0.338 e. The Morgan fingerprint density at radius 1 is 1.38 bits per heavy atom. The number of carbonyl (C=O) groups is 1. The lowest BCUT2D eigenvalue weighted by atomic mass is 9.98. The molecular weight excluding hydrogens is 311 g/mol. The number of pyridine rings is 1. The monoisotopic (exact) mass is 328 g/mol. The molecule has 0 atom stereocenters. The van der Waals surface area contributed by atoms with Gasteiger partial charge in [0.25, 0.3) is 0 Å². The lowest BCUT2D eigenvalue weighted by Gasteiger charge is -2.19. The highest BCUT2D eigenvalue weighted by Crippen LogP contribution is 2.33. The first-order valence-corrected chi connectivity index (χ1v) is 7.25. The van der Waals surface area contributed by atoms with Crippen LogP contribution >= 0.6 is 0 Å². The summed E-state index contributed by atoms with van der Waals surface area (Å²) >= 11 is 0. The van der Waals surface area contributed by atoms with Crippen LogP contribution in [0.5, 0.6) is 5.75 Å². The van der Waals surface area contributed by atoms with Crippen LogP contribution in [-0.4, -0.2) is 22.7 Å². The molecule has 0 aliphatic rings. The molecule has 6 heteroatoms. The van der Waals surface area contributed by atoms with Crippen LogP contribution < -0.4 is 4.74 Å². The molecular formula is C18H17FN2O3. The summed E-state index contributed by atoms with van der Waals surface area (Å²) in [5, 5.41) is 8.99. The van der Waals surface area contributed by atoms with Crippen LogP contribution in [0.15, 0.2) is 30.5 Å². The maximum absolute atomic E-state index is 13.4. The molecule has 2 rings (SSSR count). The highest BCUT2D eigenvalue weighted by Gasteiger charge is 2.16. The zero-order valence-corrected chi connectivity index (χ0v) is 13.6. The van der Waals surface area contributed by atoms with Crippen molar-refractivity contribution < 1.29 is 19.0 Å². The van der Waals surface area contributed by atoms with Crippen LogP contribution in [0.2, 0.25) is 0 Å². The van der Waals surface area contributed by atoms with E-state index in [0.29, 0.717) is 23.6 Å². The number of nitrogens with zero attached hydrogens (tertiary/aromatic N) is 2. The molecule has 5 nitrogen and oxygen atoms in total. The van der Waals surface area contributed by atoms with E-state index in [0.717, 1.165) is 12.3 Å². The first kappa shape index (κ1) is 17.4. The van der Waals surface area contributed by atoms with Crippen molar-refractivity contribution in [3.05, 3.63) is 53.3 Å². The van der Waals surface area contributed by atoms with Crippen LogP contribution in [0.25, 0.3) is 16.1 Å². The zero-order valence-electron chi connectivity index (χ0n) is 13.6. The van der Waals surface area contributed by atoms with E-state index in [1.165, 1.54) is 0 Å². The summed E-state index contributed by atoms with van der Waals surface area (Å²) in [7, 11) is 0. The first-order chi connectivity index (χ1) is 11.2. The number of rotatable bonds is 4. The standard InChI is InChI=1S/C18H17FN2O3/c1-18(2,3)10-24-16-6-5-11(7-15(16)20-4)14-8-12(17(22)23)13(19)9-21-14/h5-9H,10H2,1-3H3,(H,22,23). The Kier molecular flexibility index (Phi) is 4.84. The molecule has 0 fully saturated rings. The summed E-state index contributed by atoms with van der Waals surface area (Å²) in [6.07, 6.45) is 0.861. The second-order valence-corrected chi connectivity index (χ2v) is 6.50. The van der Waals surface area contributed by atoms with Crippen molar-refractivity contribution in [3.8, 4) is 17.0 Å². The molecule has 2 aromatic rings. The molecule has 124 valence electrons. The Morgan fingerprint density at radius 3 is 2.67 bits per heavy atom. The van der Waals surface area contributed by atoms with Crippen molar-refractivity contribution in [1.29, 1.82) is 0 Å². The number of halogens is 1. The molecule has 1 N–H and O–H groups in total. The van der Waals surface area contributed by atoms with E-state index in [1.807, 2.05) is 20.8 Å². The molecule has 0 amide bonds. The Hall–Kier alpha value is -2.94. The summed E-state index contributed by atoms with van der Waals surface area (Å²) in [4.78, 5) is 18.4. The van der Waals surface area contributed by atoms with Crippen LogP contribution in [0.4, 0.5) is 10.1 Å². The van der Waals surface area contributed by atoms with Gasteiger partial charge in [0.2, 0.25) is 5.69 Å². The van der Waals surface area contributed by atoms with Crippen molar-refractivity contribution in [2.75, 3.05) is 6.61 Å². The van der Waals surface area contributed by atoms with Gasteiger partial charge in [0, 0.05) is 0 Å². The second-order valence-electron chi connectivity index (χ2n) is 6.50. The van der Waals surface area contributed by atoms with Crippen LogP contribution in [-0.2, 0) is 0 Å². The number of carboxylic acid groups (broad SMARTS) is 1. The molecule has 1 aromatic heterocycles. The van der Waals surface area contributed by atoms with Crippen LogP contribution in [0.1, 0.15) is 31.1 Å². The van der Waals surface area contributed by atoms with Gasteiger partial charge in [-0.05, 0) is 29.2 Å². The maximum atomic E-state index is 13.4. The Balaban J connectivity index is 2.38. The highest BCUT2D eigenvalue weighted by molar-refractivity contribution is 5.89. The fourth-order valence-corrected chi connectivity index (χ4v) is 1.94. The van der Waals surface area contributed by atoms with Crippen molar-refractivity contribution in [3.63, 3.8) is 0 Å². The molecule has 0 aliphatic carbocycles. The molecule has 0 bridgehead atoms. The van der Waals surface area contributed by atoms with Gasteiger partial charge >= 0.3 is 5.97 Å². The molecule has 1 heterocycles. The number of hydrogen-bond donors (Lipinski definition) is 1. The van der Waals surface area contributed by atoms with E-state index in [9.17, 15) is 9.18 Å². The minimum atomic E-state index is -1.37. The topological polar surface area (TPSA) is 63.8 Å². The fraction of sp³-hybridized carbons (Fsp3) is 0.278. The molecule has 0 radical (unpaired) electrons. The molecule has 0 aliphatic heterocycles. The molecule has 0 spiro atoms. The van der Waals surface area contributed by atoms with E-state index >= 15 is 0 Å². The van der Waals surface area contributed by atoms with Crippen molar-refractivity contribution in [1.82, 2.24) is 4.98 Å². The van der Waals surface area contributed by atoms with Crippen LogP contribution in [0.3, 0.4) is 0 Å². The normalized spacial score (nSPS) is 11.0. The van der Waals surface area contributed by atoms with Crippen molar-refractivity contribution >= 4 is 11.7 Å². The third-order valence-electron chi connectivity index (χ3n) is 3.12. The Bertz CT molecular complexity index is 820. The second kappa shape index (κ2) is 6.67. The van der Waals surface area contributed by atoms with E-state index in [-0.39, 0.29) is 11.1 Å². The van der Waals surface area contributed by atoms with Gasteiger partial charge in [0.05, 0.1) is 30.6 Å². The molecule has 0 saturated carbocycles. The van der Waals surface area contributed by atoms with Crippen molar-refractivity contribution in [2.45, 2.75) is 20.8 Å². The number of aromatic nitrogens is 1. The fourth-order valence-electron chi connectivity index (χ4n) is 1.94. The third-order valence-corrected chi connectivity index (χ3v) is 3.12. The largest absolute Gasteiger partial charge is 0.504 e. The average molecular weight is 328 g/mol. The molecule has 0 unspecified atom stereocenters. The third kappa shape index (κ3) is 4.07. The highest BCUT2D eigenvalue weighted by atomic mass is 19.1. The molecule has 24 heavy (non-hydrogen) atoms. The zero-order chi connectivity index (χ0) is 17.9. The van der Waals surface area contributed by atoms with E-state index in [4.69, 9.17) is 16.4 Å². The van der Waals surface area contributed by atoms with E-state index < -0.39 is 17.3 Å². The Morgan fingerprint density at radius 2 is 2.08 bits per heavy atom. The SMILES string of the molecule is [C-]#[N+]c1cc(-c2cc(C(=O)O)c(F)cn2)ccc1OCC(C)(C)C. The quantitative estimate of drug-likeness (QED) is 0.836. The summed E-state index contributed by atoms with van der Waals surface area (Å²) in [6.45, 7) is 13.8. The molecule has 0 saturated heterocycles. The van der Waals surface area contributed by atoms with Gasteiger partial charge in [-0.25, -0.2) is 14.0 Å². The predicted octanol–water partition coefficient (Wildman–Crippen LogP) is 4.56. The van der Waals surface area contributed by atoms with Gasteiger partial charge in [-0.3, -0.25) is 4.98 Å². The first-order valence-electron chi connectivity index (χ1n) is 7.25. The minimum Gasteiger partial charge on any atom is -0.504 e. The number of ether oxygens (including phenoxy) is 1. The predicted molar refractivity (Wildman–Crippen MR) is 87.8 cm³/mol. The number of aromatic carboxylic acids is 1. The summed E-state index contributed by atoms with van der Waals surface area (Å²) in [5.41, 5.74) is 0.581. The van der Waals surface area contributed by atoms with E-state index in [2.05, 4.69) is 9.83 Å². The van der Waals surface area contributed by atoms with Crippen LogP contribution in [0, 0.1) is 17.8 Å². The Labute approximate surface area is 139 Å². The summed E-state index contributed by atoms with van der Waals surface area (Å²) in [6, 6.07) is 6.01. The van der Waals surface area contributed by atoms with Crippen molar-refractivity contribution in [2.24, 2.45) is 5.41 Å². The van der Waals surface area contributed by atoms with Gasteiger partial charge < -0.3 is 9.84 Å². The number of benzene rings is 1. The summed E-state index contributed by atoms with van der Waals surface area (Å²) in [5.74, 6) is -1.82. The summed E-state index contributed by atoms with van der Waals surface area (Å²) < 4.78 is 19.1.